The molecule has 1 saturated heterocycles. The molecule has 35 heavy (non-hydrogen) atoms. The molecule has 1 amide bonds. The van der Waals surface area contributed by atoms with Crippen molar-refractivity contribution in [1.82, 2.24) is 14.9 Å². The standard InChI is InChI=1S/C28H30N6O/c1-19-17-24(34-15-13-33(3)14-16-34)11-12-26(19)31-28-29-18-22-5-4-6-25(27(22)32-28)21-7-9-23(10-8-21)30-20(2)35/h4-12,17-18H,13-16H2,1-3H3,(H,30,35)(H,29,31,32). The van der Waals surface area contributed by atoms with Gasteiger partial charge in [0.2, 0.25) is 11.9 Å². The summed E-state index contributed by atoms with van der Waals surface area (Å²) >= 11 is 0. The van der Waals surface area contributed by atoms with Crippen LogP contribution < -0.4 is 15.5 Å². The van der Waals surface area contributed by atoms with Gasteiger partial charge in [0.15, 0.2) is 0 Å². The van der Waals surface area contributed by atoms with E-state index >= 15 is 0 Å². The average molecular weight is 467 g/mol. The third-order valence-corrected chi connectivity index (χ3v) is 6.45. The van der Waals surface area contributed by atoms with Crippen molar-refractivity contribution in [2.45, 2.75) is 13.8 Å². The zero-order chi connectivity index (χ0) is 24.4. The van der Waals surface area contributed by atoms with Gasteiger partial charge in [-0.1, -0.05) is 30.3 Å². The highest BCUT2D eigenvalue weighted by molar-refractivity contribution is 5.94. The molecule has 7 heteroatoms. The van der Waals surface area contributed by atoms with Crippen molar-refractivity contribution in [1.29, 1.82) is 0 Å². The van der Waals surface area contributed by atoms with E-state index in [1.165, 1.54) is 12.6 Å². The summed E-state index contributed by atoms with van der Waals surface area (Å²) in [5.74, 6) is 0.480. The number of nitrogens with one attached hydrogen (secondary N) is 2. The molecule has 4 aromatic rings. The molecule has 178 valence electrons. The van der Waals surface area contributed by atoms with Crippen LogP contribution in [0, 0.1) is 6.92 Å². The van der Waals surface area contributed by atoms with Crippen molar-refractivity contribution in [2.24, 2.45) is 0 Å². The smallest absolute Gasteiger partial charge is 0.227 e. The van der Waals surface area contributed by atoms with E-state index in [4.69, 9.17) is 4.98 Å². The maximum Gasteiger partial charge on any atom is 0.227 e. The number of likely N-dealkylation sites (N-methyl/N-ethyl adjacent to an activating group) is 1. The molecule has 0 unspecified atom stereocenters. The van der Waals surface area contributed by atoms with Gasteiger partial charge in [0.25, 0.3) is 0 Å². The number of amides is 1. The van der Waals surface area contributed by atoms with Crippen LogP contribution >= 0.6 is 0 Å². The van der Waals surface area contributed by atoms with Gasteiger partial charge in [-0.25, -0.2) is 9.97 Å². The number of carbonyl (C=O) groups excluding carboxylic acids is 1. The van der Waals surface area contributed by atoms with Gasteiger partial charge in [0, 0.05) is 67.3 Å². The van der Waals surface area contributed by atoms with Crippen LogP contribution in [-0.2, 0) is 4.79 Å². The number of rotatable bonds is 5. The van der Waals surface area contributed by atoms with Crippen LogP contribution in [0.1, 0.15) is 12.5 Å². The summed E-state index contributed by atoms with van der Waals surface area (Å²) in [5, 5.41) is 7.20. The molecule has 1 fully saturated rings. The predicted molar refractivity (Wildman–Crippen MR) is 143 cm³/mol. The number of aromatic nitrogens is 2. The van der Waals surface area contributed by atoms with Gasteiger partial charge in [-0.2, -0.15) is 0 Å². The molecular formula is C28H30N6O. The first-order chi connectivity index (χ1) is 17.0. The second-order valence-electron chi connectivity index (χ2n) is 9.11. The lowest BCUT2D eigenvalue weighted by molar-refractivity contribution is -0.114. The number of benzene rings is 3. The normalized spacial score (nSPS) is 14.2. The summed E-state index contributed by atoms with van der Waals surface area (Å²) < 4.78 is 0. The van der Waals surface area contributed by atoms with Gasteiger partial charge >= 0.3 is 0 Å². The monoisotopic (exact) mass is 466 g/mol. The Morgan fingerprint density at radius 3 is 2.46 bits per heavy atom. The van der Waals surface area contributed by atoms with Crippen LogP contribution in [0.4, 0.5) is 23.0 Å². The Labute approximate surface area is 205 Å². The van der Waals surface area contributed by atoms with Crippen molar-refractivity contribution >= 4 is 39.8 Å². The maximum absolute atomic E-state index is 11.3. The largest absolute Gasteiger partial charge is 0.369 e. The zero-order valence-electron chi connectivity index (χ0n) is 20.4. The number of anilines is 4. The Kier molecular flexibility index (Phi) is 6.33. The highest BCUT2D eigenvalue weighted by atomic mass is 16.1. The van der Waals surface area contributed by atoms with Crippen molar-refractivity contribution in [3.05, 3.63) is 72.4 Å². The third kappa shape index (κ3) is 5.10. The Bertz CT molecular complexity index is 1360. The van der Waals surface area contributed by atoms with E-state index in [1.54, 1.807) is 0 Å². The van der Waals surface area contributed by atoms with E-state index in [9.17, 15) is 4.79 Å². The molecular weight excluding hydrogens is 436 g/mol. The molecule has 2 N–H and O–H groups in total. The number of para-hydroxylation sites is 1. The van der Waals surface area contributed by atoms with Crippen molar-refractivity contribution in [3.63, 3.8) is 0 Å². The van der Waals surface area contributed by atoms with Crippen LogP contribution in [0.15, 0.2) is 66.9 Å². The first kappa shape index (κ1) is 22.8. The van der Waals surface area contributed by atoms with Crippen LogP contribution in [0.2, 0.25) is 0 Å². The number of piperazine rings is 1. The molecule has 3 aromatic carbocycles. The van der Waals surface area contributed by atoms with Gasteiger partial charge in [-0.15, -0.1) is 0 Å². The number of carbonyl (C=O) groups is 1. The highest BCUT2D eigenvalue weighted by Gasteiger charge is 2.15. The number of fused-ring (bicyclic) bond motifs is 1. The van der Waals surface area contributed by atoms with Crippen molar-refractivity contribution < 1.29 is 4.79 Å². The van der Waals surface area contributed by atoms with E-state index < -0.39 is 0 Å². The summed E-state index contributed by atoms with van der Waals surface area (Å²) in [7, 11) is 2.17. The topological polar surface area (TPSA) is 73.4 Å². The van der Waals surface area contributed by atoms with Crippen molar-refractivity contribution in [3.8, 4) is 11.1 Å². The fraction of sp³-hybridized carbons (Fsp3) is 0.250. The van der Waals surface area contributed by atoms with E-state index in [0.29, 0.717) is 5.95 Å². The summed E-state index contributed by atoms with van der Waals surface area (Å²) in [6.07, 6.45) is 1.85. The third-order valence-electron chi connectivity index (χ3n) is 6.45. The number of hydrogen-bond donors (Lipinski definition) is 2. The Hall–Kier alpha value is -3.97. The minimum Gasteiger partial charge on any atom is -0.369 e. The molecule has 1 aliphatic rings. The van der Waals surface area contributed by atoms with Crippen LogP contribution in [0.5, 0.6) is 0 Å². The highest BCUT2D eigenvalue weighted by Crippen LogP contribution is 2.30. The molecule has 5 rings (SSSR count). The molecule has 0 spiro atoms. The van der Waals surface area contributed by atoms with Gasteiger partial charge in [-0.05, 0) is 55.4 Å². The van der Waals surface area contributed by atoms with Gasteiger partial charge < -0.3 is 20.4 Å². The number of nitrogens with zero attached hydrogens (tertiary/aromatic N) is 4. The van der Waals surface area contributed by atoms with Crippen LogP contribution in [-0.4, -0.2) is 54.0 Å². The second-order valence-corrected chi connectivity index (χ2v) is 9.11. The number of hydrogen-bond acceptors (Lipinski definition) is 6. The lowest BCUT2D eigenvalue weighted by atomic mass is 10.0. The molecule has 0 atom stereocenters. The fourth-order valence-electron chi connectivity index (χ4n) is 4.46. The molecule has 0 bridgehead atoms. The average Bonchev–Trinajstić information content (AvgIpc) is 2.85. The van der Waals surface area contributed by atoms with Crippen LogP contribution in [0.25, 0.3) is 22.0 Å². The summed E-state index contributed by atoms with van der Waals surface area (Å²) in [4.78, 5) is 25.6. The minimum atomic E-state index is -0.0850. The Morgan fingerprint density at radius 2 is 1.74 bits per heavy atom. The fourth-order valence-corrected chi connectivity index (χ4v) is 4.46. The van der Waals surface area contributed by atoms with E-state index in [1.807, 2.05) is 42.6 Å². The maximum atomic E-state index is 11.3. The van der Waals surface area contributed by atoms with E-state index in [0.717, 1.165) is 65.1 Å². The first-order valence-electron chi connectivity index (χ1n) is 11.9. The second kappa shape index (κ2) is 9.72. The van der Waals surface area contributed by atoms with Gasteiger partial charge in [0.05, 0.1) is 5.52 Å². The van der Waals surface area contributed by atoms with E-state index in [2.05, 4.69) is 63.7 Å². The van der Waals surface area contributed by atoms with Crippen molar-refractivity contribution in [2.75, 3.05) is 48.8 Å². The predicted octanol–water partition coefficient (Wildman–Crippen LogP) is 5.06. The lowest BCUT2D eigenvalue weighted by Gasteiger charge is -2.34. The molecule has 1 aromatic heterocycles. The van der Waals surface area contributed by atoms with Crippen LogP contribution in [0.3, 0.4) is 0 Å². The Morgan fingerprint density at radius 1 is 0.971 bits per heavy atom. The number of aryl methyl sites for hydroxylation is 1. The summed E-state index contributed by atoms with van der Waals surface area (Å²) in [6, 6.07) is 20.4. The lowest BCUT2D eigenvalue weighted by Crippen LogP contribution is -2.44. The SMILES string of the molecule is CC(=O)Nc1ccc(-c2cccc3cnc(Nc4ccc(N5CCN(C)CC5)cc4C)nc23)cc1. The zero-order valence-corrected chi connectivity index (χ0v) is 20.4. The quantitative estimate of drug-likeness (QED) is 0.428. The minimum absolute atomic E-state index is 0.0850. The molecule has 0 saturated carbocycles. The molecule has 7 nitrogen and oxygen atoms in total. The summed E-state index contributed by atoms with van der Waals surface area (Å²) in [5.41, 5.74) is 7.11. The molecule has 1 aliphatic heterocycles. The molecule has 0 aliphatic carbocycles. The summed E-state index contributed by atoms with van der Waals surface area (Å²) in [6.45, 7) is 7.89. The van der Waals surface area contributed by atoms with E-state index in [-0.39, 0.29) is 5.91 Å². The van der Waals surface area contributed by atoms with Gasteiger partial charge in [0.1, 0.15) is 0 Å². The van der Waals surface area contributed by atoms with Gasteiger partial charge in [-0.3, -0.25) is 4.79 Å². The first-order valence-corrected chi connectivity index (χ1v) is 11.9. The molecule has 2 heterocycles. The Balaban J connectivity index is 1.40. The molecule has 0 radical (unpaired) electrons.